The predicted octanol–water partition coefficient (Wildman–Crippen LogP) is 14.0. The van der Waals surface area contributed by atoms with Gasteiger partial charge < -0.3 is 15.5 Å². The average Bonchev–Trinajstić information content (AvgIpc) is 3.13. The standard InChI is InChI=1S/C47H87NO3/c1-3-5-7-9-11-13-15-17-19-20-21-22-23-24-25-26-27-28-29-30-32-34-36-38-40-42-46(50)45(44-49)48-47(51)43-41-39-37-35-33-31-18-16-14-12-10-8-6-4-2/h10,12,16,18,32,34,40,42,45-46,49-50H,3-9,11,13-15,17,19-31,33,35-39,41,43-44H2,1-2H3,(H,48,51)/b12-10-,18-16-,34-32+,42-40+. The summed E-state index contributed by atoms with van der Waals surface area (Å²) in [6, 6.07) is -0.646. The van der Waals surface area contributed by atoms with E-state index in [1.807, 2.05) is 6.08 Å². The Hall–Kier alpha value is -1.65. The lowest BCUT2D eigenvalue weighted by atomic mass is 10.0. The van der Waals surface area contributed by atoms with E-state index in [4.69, 9.17) is 0 Å². The van der Waals surface area contributed by atoms with Gasteiger partial charge in [-0.1, -0.05) is 210 Å². The van der Waals surface area contributed by atoms with Gasteiger partial charge in [-0.15, -0.1) is 0 Å². The Morgan fingerprint density at radius 3 is 1.31 bits per heavy atom. The van der Waals surface area contributed by atoms with E-state index in [0.29, 0.717) is 6.42 Å². The Morgan fingerprint density at radius 1 is 0.471 bits per heavy atom. The minimum Gasteiger partial charge on any atom is -0.394 e. The third-order valence-electron chi connectivity index (χ3n) is 10.0. The summed E-state index contributed by atoms with van der Waals surface area (Å²) in [7, 11) is 0. The first-order chi connectivity index (χ1) is 25.2. The van der Waals surface area contributed by atoms with E-state index in [9.17, 15) is 15.0 Å². The second-order valence-corrected chi connectivity index (χ2v) is 15.1. The quantitative estimate of drug-likeness (QED) is 0.0437. The van der Waals surface area contributed by atoms with E-state index in [1.54, 1.807) is 6.08 Å². The minimum absolute atomic E-state index is 0.0887. The van der Waals surface area contributed by atoms with Crippen molar-refractivity contribution in [2.24, 2.45) is 0 Å². The van der Waals surface area contributed by atoms with Gasteiger partial charge >= 0.3 is 0 Å². The molecule has 0 aliphatic heterocycles. The molecule has 0 fully saturated rings. The van der Waals surface area contributed by atoms with Gasteiger partial charge in [0, 0.05) is 6.42 Å². The molecular weight excluding hydrogens is 627 g/mol. The fourth-order valence-corrected chi connectivity index (χ4v) is 6.56. The van der Waals surface area contributed by atoms with Crippen molar-refractivity contribution in [3.8, 4) is 0 Å². The number of rotatable bonds is 40. The van der Waals surface area contributed by atoms with Gasteiger partial charge in [-0.2, -0.15) is 0 Å². The lowest BCUT2D eigenvalue weighted by Gasteiger charge is -2.19. The molecule has 0 saturated carbocycles. The lowest BCUT2D eigenvalue weighted by molar-refractivity contribution is -0.123. The van der Waals surface area contributed by atoms with Gasteiger partial charge in [0.15, 0.2) is 0 Å². The number of amides is 1. The van der Waals surface area contributed by atoms with Crippen molar-refractivity contribution in [3.05, 3.63) is 48.6 Å². The number of aliphatic hydroxyl groups excluding tert-OH is 2. The van der Waals surface area contributed by atoms with Gasteiger partial charge in [-0.25, -0.2) is 0 Å². The topological polar surface area (TPSA) is 69.6 Å². The van der Waals surface area contributed by atoms with Crippen LogP contribution in [0.2, 0.25) is 0 Å². The zero-order chi connectivity index (χ0) is 37.1. The summed E-state index contributed by atoms with van der Waals surface area (Å²) in [4.78, 5) is 12.3. The number of nitrogens with one attached hydrogen (secondary N) is 1. The third-order valence-corrected chi connectivity index (χ3v) is 10.0. The molecule has 0 aliphatic carbocycles. The molecule has 0 radical (unpaired) electrons. The molecule has 2 atom stereocenters. The molecular formula is C47H87NO3. The average molecular weight is 714 g/mol. The fourth-order valence-electron chi connectivity index (χ4n) is 6.56. The van der Waals surface area contributed by atoms with Gasteiger partial charge in [0.05, 0.1) is 18.8 Å². The fraction of sp³-hybridized carbons (Fsp3) is 0.809. The van der Waals surface area contributed by atoms with Crippen molar-refractivity contribution < 1.29 is 15.0 Å². The first-order valence-electron chi connectivity index (χ1n) is 22.4. The molecule has 0 rings (SSSR count). The van der Waals surface area contributed by atoms with Crippen LogP contribution in [0.4, 0.5) is 0 Å². The minimum atomic E-state index is -0.868. The zero-order valence-corrected chi connectivity index (χ0v) is 34.1. The highest BCUT2D eigenvalue weighted by Crippen LogP contribution is 2.15. The van der Waals surface area contributed by atoms with E-state index in [-0.39, 0.29) is 12.5 Å². The van der Waals surface area contributed by atoms with Crippen LogP contribution in [0.5, 0.6) is 0 Å². The molecule has 0 bridgehead atoms. The number of carbonyl (C=O) groups excluding carboxylic acids is 1. The van der Waals surface area contributed by atoms with E-state index in [2.05, 4.69) is 55.6 Å². The summed E-state index contributed by atoms with van der Waals surface area (Å²) >= 11 is 0. The van der Waals surface area contributed by atoms with Crippen molar-refractivity contribution in [1.82, 2.24) is 5.32 Å². The van der Waals surface area contributed by atoms with E-state index < -0.39 is 12.1 Å². The van der Waals surface area contributed by atoms with E-state index in [1.165, 1.54) is 154 Å². The Kier molecular flexibility index (Phi) is 41.4. The van der Waals surface area contributed by atoms with E-state index in [0.717, 1.165) is 51.4 Å². The molecule has 51 heavy (non-hydrogen) atoms. The highest BCUT2D eigenvalue weighted by atomic mass is 16.3. The summed E-state index contributed by atoms with van der Waals surface area (Å²) in [5, 5.41) is 23.0. The van der Waals surface area contributed by atoms with Crippen LogP contribution >= 0.6 is 0 Å². The maximum Gasteiger partial charge on any atom is 0.220 e. The molecule has 0 aromatic carbocycles. The molecule has 4 nitrogen and oxygen atoms in total. The number of unbranched alkanes of at least 4 members (excludes halogenated alkanes) is 27. The lowest BCUT2D eigenvalue weighted by Crippen LogP contribution is -2.45. The second-order valence-electron chi connectivity index (χ2n) is 15.1. The Labute approximate surface area is 318 Å². The maximum atomic E-state index is 12.3. The maximum absolute atomic E-state index is 12.3. The summed E-state index contributed by atoms with van der Waals surface area (Å²) in [6.07, 6.45) is 58.0. The van der Waals surface area contributed by atoms with Crippen molar-refractivity contribution in [1.29, 1.82) is 0 Å². The first-order valence-corrected chi connectivity index (χ1v) is 22.4. The number of hydrogen-bond acceptors (Lipinski definition) is 3. The summed E-state index contributed by atoms with van der Waals surface area (Å²) < 4.78 is 0. The molecule has 0 spiro atoms. The summed E-state index contributed by atoms with van der Waals surface area (Å²) in [6.45, 7) is 4.25. The third kappa shape index (κ3) is 39.4. The number of hydrogen-bond donors (Lipinski definition) is 3. The summed E-state index contributed by atoms with van der Waals surface area (Å²) in [5.74, 6) is -0.0887. The molecule has 0 aromatic heterocycles. The molecule has 4 heteroatoms. The first kappa shape index (κ1) is 49.4. The van der Waals surface area contributed by atoms with Crippen LogP contribution in [0.1, 0.15) is 226 Å². The number of aliphatic hydroxyl groups is 2. The van der Waals surface area contributed by atoms with Crippen LogP contribution in [0.25, 0.3) is 0 Å². The largest absolute Gasteiger partial charge is 0.394 e. The van der Waals surface area contributed by atoms with Crippen LogP contribution in [0.3, 0.4) is 0 Å². The van der Waals surface area contributed by atoms with Gasteiger partial charge in [0.25, 0.3) is 0 Å². The molecule has 298 valence electrons. The van der Waals surface area contributed by atoms with Crippen molar-refractivity contribution >= 4 is 5.91 Å². The van der Waals surface area contributed by atoms with Crippen LogP contribution in [-0.4, -0.2) is 34.9 Å². The molecule has 2 unspecified atom stereocenters. The molecule has 0 aliphatic rings. The number of carbonyl (C=O) groups is 1. The summed E-state index contributed by atoms with van der Waals surface area (Å²) in [5.41, 5.74) is 0. The van der Waals surface area contributed by atoms with Crippen LogP contribution in [0.15, 0.2) is 48.6 Å². The SMILES string of the molecule is CCCC/C=C\C/C=C\CCCCCCCC(=O)NC(CO)C(O)/C=C/CC/C=C/CCCCCCCCCCCCCCCCCCCCC. The van der Waals surface area contributed by atoms with Crippen LogP contribution in [0, 0.1) is 0 Å². The second kappa shape index (κ2) is 42.8. The van der Waals surface area contributed by atoms with Gasteiger partial charge in [0.2, 0.25) is 5.91 Å². The Morgan fingerprint density at radius 2 is 0.843 bits per heavy atom. The molecule has 3 N–H and O–H groups in total. The van der Waals surface area contributed by atoms with Crippen LogP contribution < -0.4 is 5.32 Å². The number of allylic oxidation sites excluding steroid dienone is 7. The molecule has 0 saturated heterocycles. The molecule has 0 aromatic rings. The highest BCUT2D eigenvalue weighted by Gasteiger charge is 2.17. The Balaban J connectivity index is 3.59. The molecule has 1 amide bonds. The van der Waals surface area contributed by atoms with Crippen molar-refractivity contribution in [2.45, 2.75) is 238 Å². The van der Waals surface area contributed by atoms with Gasteiger partial charge in [-0.05, 0) is 57.8 Å². The van der Waals surface area contributed by atoms with Crippen molar-refractivity contribution in [2.75, 3.05) is 6.61 Å². The zero-order valence-electron chi connectivity index (χ0n) is 34.1. The monoisotopic (exact) mass is 714 g/mol. The van der Waals surface area contributed by atoms with Crippen molar-refractivity contribution in [3.63, 3.8) is 0 Å². The van der Waals surface area contributed by atoms with Gasteiger partial charge in [-0.3, -0.25) is 4.79 Å². The highest BCUT2D eigenvalue weighted by molar-refractivity contribution is 5.76. The predicted molar refractivity (Wildman–Crippen MR) is 225 cm³/mol. The Bertz CT molecular complexity index is 816. The van der Waals surface area contributed by atoms with Crippen LogP contribution in [-0.2, 0) is 4.79 Å². The molecule has 0 heterocycles. The van der Waals surface area contributed by atoms with Gasteiger partial charge in [0.1, 0.15) is 0 Å². The van der Waals surface area contributed by atoms with E-state index >= 15 is 0 Å². The smallest absolute Gasteiger partial charge is 0.220 e. The normalized spacial score (nSPS) is 13.4.